The topological polar surface area (TPSA) is 136 Å². The van der Waals surface area contributed by atoms with Gasteiger partial charge in [0.05, 0.1) is 24.2 Å². The van der Waals surface area contributed by atoms with Gasteiger partial charge in [-0.2, -0.15) is 0 Å². The average Bonchev–Trinajstić information content (AvgIpc) is 2.94. The van der Waals surface area contributed by atoms with Gasteiger partial charge in [0, 0.05) is 33.2 Å². The quantitative estimate of drug-likeness (QED) is 0.438. The normalized spacial score (nSPS) is 20.4. The number of nitrogens with zero attached hydrogens (tertiary/aromatic N) is 3. The zero-order valence-electron chi connectivity index (χ0n) is 21.6. The summed E-state index contributed by atoms with van der Waals surface area (Å²) in [6.07, 6.45) is 2.46. The van der Waals surface area contributed by atoms with Crippen molar-refractivity contribution in [2.75, 3.05) is 39.9 Å². The van der Waals surface area contributed by atoms with Crippen molar-refractivity contribution in [3.63, 3.8) is 0 Å². The predicted molar refractivity (Wildman–Crippen MR) is 145 cm³/mol. The molecule has 2 aromatic rings. The number of carbonyl (C=O) groups is 1. The van der Waals surface area contributed by atoms with E-state index in [1.165, 1.54) is 11.2 Å². The lowest BCUT2D eigenvalue weighted by atomic mass is 9.90. The summed E-state index contributed by atoms with van der Waals surface area (Å²) in [6, 6.07) is 13.6. The van der Waals surface area contributed by atoms with E-state index in [0.29, 0.717) is 51.4 Å². The van der Waals surface area contributed by atoms with Crippen molar-refractivity contribution >= 4 is 23.7 Å². The minimum absolute atomic E-state index is 0.100. The number of nitrogens with one attached hydrogen (secondary N) is 2. The molecule has 1 fully saturated rings. The fourth-order valence-corrected chi connectivity index (χ4v) is 5.05. The zero-order valence-corrected chi connectivity index (χ0v) is 21.6. The Bertz CT molecular complexity index is 1260. The first kappa shape index (κ1) is 25.9. The Morgan fingerprint density at radius 3 is 2.47 bits per heavy atom. The van der Waals surface area contributed by atoms with Gasteiger partial charge in [-0.25, -0.2) is 4.99 Å². The summed E-state index contributed by atoms with van der Waals surface area (Å²) in [5, 5.41) is 22.9. The molecule has 200 valence electrons. The lowest BCUT2D eigenvalue weighted by Gasteiger charge is -2.40. The number of β-amino-alcohol motifs (C(OH)–C–C–N with tert-alkyl or cyclic N) is 1. The second-order valence-electron chi connectivity index (χ2n) is 9.91. The second-order valence-corrected chi connectivity index (χ2v) is 9.91. The van der Waals surface area contributed by atoms with Gasteiger partial charge in [0.25, 0.3) is 5.91 Å². The van der Waals surface area contributed by atoms with E-state index in [0.717, 1.165) is 34.7 Å². The minimum atomic E-state index is -1.05. The Labute approximate surface area is 222 Å². The van der Waals surface area contributed by atoms with Gasteiger partial charge >= 0.3 is 0 Å². The van der Waals surface area contributed by atoms with Crippen LogP contribution in [-0.2, 0) is 17.9 Å². The largest absolute Gasteiger partial charge is 0.486 e. The number of aliphatic hydroxyl groups is 1. The highest BCUT2D eigenvalue weighted by atomic mass is 16.6. The monoisotopic (exact) mass is 518 g/mol. The third-order valence-electron chi connectivity index (χ3n) is 7.27. The Morgan fingerprint density at radius 1 is 1.11 bits per heavy atom. The van der Waals surface area contributed by atoms with Crippen LogP contribution >= 0.6 is 0 Å². The first-order valence-corrected chi connectivity index (χ1v) is 12.9. The van der Waals surface area contributed by atoms with Crippen molar-refractivity contribution in [2.45, 2.75) is 31.5 Å². The van der Waals surface area contributed by atoms with Gasteiger partial charge in [-0.15, -0.1) is 0 Å². The van der Waals surface area contributed by atoms with Gasteiger partial charge in [-0.1, -0.05) is 30.3 Å². The van der Waals surface area contributed by atoms with Gasteiger partial charge in [0.1, 0.15) is 24.6 Å². The number of ether oxygens (including phenoxy) is 2. The van der Waals surface area contributed by atoms with Crippen LogP contribution in [0, 0.1) is 5.41 Å². The maximum Gasteiger partial charge on any atom is 0.279 e. The molecule has 3 aliphatic heterocycles. The summed E-state index contributed by atoms with van der Waals surface area (Å²) in [6.45, 7) is 3.78. The Balaban J connectivity index is 1.22. The number of hydrogen-bond donors (Lipinski definition) is 4. The number of aliphatic imine (C=N–C) groups is 1. The average molecular weight is 519 g/mol. The Hall–Kier alpha value is -3.73. The van der Waals surface area contributed by atoms with Crippen LogP contribution < -0.4 is 20.5 Å². The molecule has 0 aliphatic carbocycles. The SMILES string of the molecule is CN/C(=C1/N=CN(CC2(O)CCN(Cc3ccc4c(c3)OCCO4)CC2)C(=O)C1=N)c1ccc(CN)cc1. The van der Waals surface area contributed by atoms with E-state index in [1.807, 2.05) is 42.5 Å². The first-order valence-electron chi connectivity index (χ1n) is 12.9. The van der Waals surface area contributed by atoms with E-state index in [-0.39, 0.29) is 18.0 Å². The van der Waals surface area contributed by atoms with Crippen molar-refractivity contribution in [1.29, 1.82) is 5.41 Å². The molecule has 2 aromatic carbocycles. The lowest BCUT2D eigenvalue weighted by molar-refractivity contribution is -0.124. The van der Waals surface area contributed by atoms with E-state index >= 15 is 0 Å². The van der Waals surface area contributed by atoms with Crippen molar-refractivity contribution in [3.8, 4) is 11.5 Å². The van der Waals surface area contributed by atoms with Crippen LogP contribution in [0.4, 0.5) is 0 Å². The Morgan fingerprint density at radius 2 is 1.79 bits per heavy atom. The van der Waals surface area contributed by atoms with Crippen LogP contribution in [0.1, 0.15) is 29.5 Å². The molecule has 0 radical (unpaired) electrons. The van der Waals surface area contributed by atoms with Crippen molar-refractivity contribution in [3.05, 3.63) is 64.9 Å². The molecule has 0 saturated carbocycles. The molecule has 10 heteroatoms. The van der Waals surface area contributed by atoms with E-state index in [2.05, 4.69) is 15.2 Å². The number of hydrogen-bond acceptors (Lipinski definition) is 9. The van der Waals surface area contributed by atoms with Crippen LogP contribution in [0.3, 0.4) is 0 Å². The van der Waals surface area contributed by atoms with Gasteiger partial charge in [0.15, 0.2) is 11.5 Å². The fourth-order valence-electron chi connectivity index (χ4n) is 5.05. The number of likely N-dealkylation sites (tertiary alicyclic amines) is 1. The molecule has 0 spiro atoms. The number of rotatable bonds is 7. The summed E-state index contributed by atoms with van der Waals surface area (Å²) < 4.78 is 11.3. The van der Waals surface area contributed by atoms with E-state index < -0.39 is 11.5 Å². The molecule has 0 aromatic heterocycles. The van der Waals surface area contributed by atoms with E-state index in [1.54, 1.807) is 7.05 Å². The number of carbonyl (C=O) groups excluding carboxylic acids is 1. The summed E-state index contributed by atoms with van der Waals surface area (Å²) in [7, 11) is 1.74. The maximum absolute atomic E-state index is 13.1. The van der Waals surface area contributed by atoms with E-state index in [9.17, 15) is 9.90 Å². The first-order chi connectivity index (χ1) is 18.4. The number of amides is 1. The summed E-state index contributed by atoms with van der Waals surface area (Å²) in [5.41, 5.74) is 8.23. The van der Waals surface area contributed by atoms with Crippen LogP contribution in [0.25, 0.3) is 5.70 Å². The summed E-state index contributed by atoms with van der Waals surface area (Å²) in [5.74, 6) is 1.07. The lowest BCUT2D eigenvalue weighted by Crippen LogP contribution is -2.53. The molecule has 0 bridgehead atoms. The molecule has 5 rings (SSSR count). The van der Waals surface area contributed by atoms with Gasteiger partial charge in [-0.05, 0) is 41.7 Å². The fraction of sp³-hybridized carbons (Fsp3) is 0.393. The van der Waals surface area contributed by atoms with Crippen LogP contribution in [-0.4, -0.2) is 78.4 Å². The smallest absolute Gasteiger partial charge is 0.279 e. The highest BCUT2D eigenvalue weighted by Crippen LogP contribution is 2.32. The Kier molecular flexibility index (Phi) is 7.46. The highest BCUT2D eigenvalue weighted by molar-refractivity contribution is 6.47. The molecule has 10 nitrogen and oxygen atoms in total. The minimum Gasteiger partial charge on any atom is -0.486 e. The molecular formula is C28H34N6O4. The molecule has 1 saturated heterocycles. The molecule has 5 N–H and O–H groups in total. The predicted octanol–water partition coefficient (Wildman–Crippen LogP) is 1.72. The zero-order chi connectivity index (χ0) is 26.7. The summed E-state index contributed by atoms with van der Waals surface area (Å²) >= 11 is 0. The highest BCUT2D eigenvalue weighted by Gasteiger charge is 2.37. The van der Waals surface area contributed by atoms with E-state index in [4.69, 9.17) is 20.6 Å². The van der Waals surface area contributed by atoms with Crippen molar-refractivity contribution in [1.82, 2.24) is 15.1 Å². The summed E-state index contributed by atoms with van der Waals surface area (Å²) in [4.78, 5) is 21.2. The molecule has 1 amide bonds. The van der Waals surface area contributed by atoms with Crippen LogP contribution in [0.5, 0.6) is 11.5 Å². The van der Waals surface area contributed by atoms with Gasteiger partial charge in [-0.3, -0.25) is 20.0 Å². The molecule has 3 heterocycles. The molecule has 0 atom stereocenters. The molecular weight excluding hydrogens is 484 g/mol. The number of benzene rings is 2. The van der Waals surface area contributed by atoms with Crippen molar-refractivity contribution < 1.29 is 19.4 Å². The van der Waals surface area contributed by atoms with Crippen molar-refractivity contribution in [2.24, 2.45) is 10.7 Å². The third-order valence-corrected chi connectivity index (χ3v) is 7.27. The third kappa shape index (κ3) is 5.42. The number of piperidine rings is 1. The maximum atomic E-state index is 13.1. The number of fused-ring (bicyclic) bond motifs is 1. The second kappa shape index (κ2) is 10.9. The standard InChI is InChI=1S/C28H34N6O4/c1-31-25(21-5-2-19(15-29)3-6-21)26-24(30)27(35)34(18-32-26)17-28(36)8-10-33(11-9-28)16-20-4-7-22-23(14-20)38-13-12-37-22/h2-7,14,18,30-31,36H,8-13,15-17,29H2,1H3/b26-25+,30-24?. The number of nitrogens with two attached hydrogens (primary N) is 1. The van der Waals surface area contributed by atoms with Crippen LogP contribution in [0.15, 0.2) is 53.2 Å². The van der Waals surface area contributed by atoms with Gasteiger partial charge in [0.2, 0.25) is 0 Å². The van der Waals surface area contributed by atoms with Crippen LogP contribution in [0.2, 0.25) is 0 Å². The molecule has 3 aliphatic rings. The molecule has 0 unspecified atom stereocenters. The van der Waals surface area contributed by atoms with Gasteiger partial charge < -0.3 is 25.6 Å². The molecule has 38 heavy (non-hydrogen) atoms.